The van der Waals surface area contributed by atoms with Crippen molar-refractivity contribution in [1.29, 1.82) is 0 Å². The Morgan fingerprint density at radius 3 is 2.24 bits per heavy atom. The van der Waals surface area contributed by atoms with Crippen molar-refractivity contribution in [2.45, 2.75) is 19.8 Å². The van der Waals surface area contributed by atoms with Crippen molar-refractivity contribution in [2.24, 2.45) is 5.10 Å². The van der Waals surface area contributed by atoms with Crippen LogP contribution in [0.4, 0.5) is 8.78 Å². The molecule has 1 aliphatic rings. The second-order valence-electron chi connectivity index (χ2n) is 11.4. The molecule has 0 saturated carbocycles. The summed E-state index contributed by atoms with van der Waals surface area (Å²) in [6.07, 6.45) is 1.39. The first-order valence-corrected chi connectivity index (χ1v) is 15.6. The van der Waals surface area contributed by atoms with E-state index in [2.05, 4.69) is 25.6 Å². The van der Waals surface area contributed by atoms with Crippen LogP contribution in [0, 0.1) is 11.6 Å². The molecule has 5 aromatic rings. The zero-order chi connectivity index (χ0) is 34.0. The van der Waals surface area contributed by atoms with Gasteiger partial charge in [-0.3, -0.25) is 14.6 Å². The van der Waals surface area contributed by atoms with Gasteiger partial charge in [0.05, 0.1) is 19.3 Å². The van der Waals surface area contributed by atoms with Gasteiger partial charge in [0.15, 0.2) is 11.6 Å². The van der Waals surface area contributed by atoms with Gasteiger partial charge in [0.2, 0.25) is 11.7 Å². The SMILES string of the molecule is Cl.O=C(CN1CCN(Cc2nc(-c3ccc(COc4ccc(F)c(F)c4)cc3)no2)CC1)NN=Cc1cc(OCc2ccccc2)ccc1O. The predicted octanol–water partition coefficient (Wildman–Crippen LogP) is 5.57. The van der Waals surface area contributed by atoms with E-state index in [1.807, 2.05) is 59.5 Å². The van der Waals surface area contributed by atoms with Gasteiger partial charge in [0.25, 0.3) is 5.91 Å². The number of hydrazone groups is 1. The second-order valence-corrected chi connectivity index (χ2v) is 11.4. The topological polar surface area (TPSA) is 126 Å². The Morgan fingerprint density at radius 2 is 1.52 bits per heavy atom. The van der Waals surface area contributed by atoms with Crippen LogP contribution in [0.15, 0.2) is 101 Å². The molecule has 50 heavy (non-hydrogen) atoms. The van der Waals surface area contributed by atoms with Gasteiger partial charge < -0.3 is 19.1 Å². The largest absolute Gasteiger partial charge is 0.507 e. The predicted molar refractivity (Wildman–Crippen MR) is 184 cm³/mol. The van der Waals surface area contributed by atoms with Crippen LogP contribution < -0.4 is 14.9 Å². The fraction of sp³-hybridized carbons (Fsp3) is 0.222. The van der Waals surface area contributed by atoms with E-state index in [1.54, 1.807) is 12.1 Å². The minimum atomic E-state index is -0.959. The van der Waals surface area contributed by atoms with Crippen LogP contribution in [-0.4, -0.2) is 69.9 Å². The van der Waals surface area contributed by atoms with E-state index in [0.29, 0.717) is 62.4 Å². The van der Waals surface area contributed by atoms with E-state index in [9.17, 15) is 18.7 Å². The smallest absolute Gasteiger partial charge is 0.254 e. The zero-order valence-electron chi connectivity index (χ0n) is 26.9. The Labute approximate surface area is 293 Å². The third-order valence-corrected chi connectivity index (χ3v) is 7.81. The Balaban J connectivity index is 0.00000486. The summed E-state index contributed by atoms with van der Waals surface area (Å²) < 4.78 is 43.4. The van der Waals surface area contributed by atoms with Gasteiger partial charge in [-0.25, -0.2) is 14.2 Å². The number of nitrogens with one attached hydrogen (secondary N) is 1. The Morgan fingerprint density at radius 1 is 0.860 bits per heavy atom. The summed E-state index contributed by atoms with van der Waals surface area (Å²) >= 11 is 0. The summed E-state index contributed by atoms with van der Waals surface area (Å²) in [6, 6.07) is 25.4. The maximum atomic E-state index is 13.4. The lowest BCUT2D eigenvalue weighted by Crippen LogP contribution is -2.48. The highest BCUT2D eigenvalue weighted by Gasteiger charge is 2.21. The molecule has 2 N–H and O–H groups in total. The molecule has 6 rings (SSSR count). The number of halogens is 3. The zero-order valence-corrected chi connectivity index (χ0v) is 27.7. The highest BCUT2D eigenvalue weighted by molar-refractivity contribution is 5.86. The van der Waals surface area contributed by atoms with Gasteiger partial charge in [-0.15, -0.1) is 12.4 Å². The molecule has 0 radical (unpaired) electrons. The molecule has 0 atom stereocenters. The number of hydrogen-bond donors (Lipinski definition) is 2. The average Bonchev–Trinajstić information content (AvgIpc) is 3.59. The third kappa shape index (κ3) is 10.1. The number of aromatic nitrogens is 2. The van der Waals surface area contributed by atoms with Crippen molar-refractivity contribution in [3.8, 4) is 28.6 Å². The van der Waals surface area contributed by atoms with Crippen LogP contribution >= 0.6 is 12.4 Å². The summed E-state index contributed by atoms with van der Waals surface area (Å²) in [5.74, 6) is -0.359. The van der Waals surface area contributed by atoms with Gasteiger partial charge in [0, 0.05) is 43.4 Å². The van der Waals surface area contributed by atoms with Crippen molar-refractivity contribution < 1.29 is 32.7 Å². The highest BCUT2D eigenvalue weighted by Crippen LogP contribution is 2.23. The number of carbonyl (C=O) groups is 1. The molecule has 0 bridgehead atoms. The Kier molecular flexibility index (Phi) is 12.5. The van der Waals surface area contributed by atoms with E-state index >= 15 is 0 Å². The first-order valence-electron chi connectivity index (χ1n) is 15.6. The van der Waals surface area contributed by atoms with E-state index in [1.165, 1.54) is 18.3 Å². The number of ether oxygens (including phenoxy) is 2. The summed E-state index contributed by atoms with van der Waals surface area (Å²) in [5.41, 5.74) is 5.58. The fourth-order valence-corrected chi connectivity index (χ4v) is 5.10. The Bertz CT molecular complexity index is 1890. The highest BCUT2D eigenvalue weighted by atomic mass is 35.5. The first kappa shape index (κ1) is 35.9. The summed E-state index contributed by atoms with van der Waals surface area (Å²) in [6.45, 7) is 4.02. The molecule has 1 fully saturated rings. The normalized spacial score (nSPS) is 13.6. The standard InChI is InChI=1S/C36H34F2N6O5.ClH/c37-31-12-10-30(19-32(31)38)48-24-26-6-8-27(9-7-26)36-40-35(49-42-36)22-44-16-14-43(15-17-44)21-34(46)41-39-20-28-18-29(11-13-33(28)45)47-23-25-4-2-1-3-5-25;/h1-13,18-20,45H,14-17,21-24H2,(H,41,46);1H. The number of benzene rings is 4. The monoisotopic (exact) mass is 704 g/mol. The maximum Gasteiger partial charge on any atom is 0.254 e. The maximum absolute atomic E-state index is 13.4. The number of phenols is 1. The minimum Gasteiger partial charge on any atom is -0.507 e. The number of phenolic OH excluding ortho intramolecular Hbond substituents is 1. The van der Waals surface area contributed by atoms with Gasteiger partial charge in [-0.1, -0.05) is 59.8 Å². The van der Waals surface area contributed by atoms with Crippen molar-refractivity contribution in [2.75, 3.05) is 32.7 Å². The molecule has 1 aliphatic heterocycles. The number of amides is 1. The summed E-state index contributed by atoms with van der Waals surface area (Å²) in [5, 5.41) is 18.3. The van der Waals surface area contributed by atoms with E-state index in [4.69, 9.17) is 14.0 Å². The molecule has 4 aromatic carbocycles. The van der Waals surface area contributed by atoms with E-state index in [0.717, 1.165) is 28.8 Å². The molecule has 1 aromatic heterocycles. The quantitative estimate of drug-likeness (QED) is 0.120. The van der Waals surface area contributed by atoms with Crippen LogP contribution in [0.5, 0.6) is 17.2 Å². The summed E-state index contributed by atoms with van der Waals surface area (Å²) in [4.78, 5) is 21.3. The lowest BCUT2D eigenvalue weighted by Gasteiger charge is -2.33. The van der Waals surface area contributed by atoms with Crippen molar-refractivity contribution in [3.05, 3.63) is 125 Å². The average molecular weight is 705 g/mol. The summed E-state index contributed by atoms with van der Waals surface area (Å²) in [7, 11) is 0. The van der Waals surface area contributed by atoms with Crippen LogP contribution in [0.1, 0.15) is 22.6 Å². The lowest BCUT2D eigenvalue weighted by atomic mass is 10.1. The molecule has 260 valence electrons. The van der Waals surface area contributed by atoms with Crippen LogP contribution in [-0.2, 0) is 24.6 Å². The van der Waals surface area contributed by atoms with Crippen LogP contribution in [0.3, 0.4) is 0 Å². The van der Waals surface area contributed by atoms with Crippen molar-refractivity contribution in [1.82, 2.24) is 25.4 Å². The number of carbonyl (C=O) groups excluding carboxylic acids is 1. The molecule has 1 amide bonds. The molecular formula is C36H35ClF2N6O5. The molecule has 1 saturated heterocycles. The molecule has 14 heteroatoms. The van der Waals surface area contributed by atoms with Gasteiger partial charge in [-0.05, 0) is 41.5 Å². The number of nitrogens with zero attached hydrogens (tertiary/aromatic N) is 5. The lowest BCUT2D eigenvalue weighted by molar-refractivity contribution is -0.122. The van der Waals surface area contributed by atoms with Gasteiger partial charge in [-0.2, -0.15) is 10.1 Å². The fourth-order valence-electron chi connectivity index (χ4n) is 5.10. The number of piperazine rings is 1. The van der Waals surface area contributed by atoms with Crippen LogP contribution in [0.25, 0.3) is 11.4 Å². The molecule has 0 spiro atoms. The van der Waals surface area contributed by atoms with E-state index in [-0.39, 0.29) is 43.0 Å². The number of rotatable bonds is 13. The third-order valence-electron chi connectivity index (χ3n) is 7.81. The minimum absolute atomic E-state index is 0. The van der Waals surface area contributed by atoms with E-state index < -0.39 is 11.6 Å². The number of aromatic hydroxyl groups is 1. The van der Waals surface area contributed by atoms with Crippen molar-refractivity contribution in [3.63, 3.8) is 0 Å². The van der Waals surface area contributed by atoms with Gasteiger partial charge >= 0.3 is 0 Å². The first-order chi connectivity index (χ1) is 23.9. The molecular weight excluding hydrogens is 670 g/mol. The van der Waals surface area contributed by atoms with Gasteiger partial charge in [0.1, 0.15) is 30.5 Å². The molecule has 2 heterocycles. The molecule has 0 aliphatic carbocycles. The molecule has 11 nitrogen and oxygen atoms in total. The molecule has 0 unspecified atom stereocenters. The number of hydrogen-bond acceptors (Lipinski definition) is 10. The Hall–Kier alpha value is -5.37. The second kappa shape index (κ2) is 17.3. The van der Waals surface area contributed by atoms with Crippen molar-refractivity contribution >= 4 is 24.5 Å². The van der Waals surface area contributed by atoms with Crippen LogP contribution in [0.2, 0.25) is 0 Å².